The number of nitrogens with one attached hydrogen (secondary N) is 1. The van der Waals surface area contributed by atoms with Crippen LogP contribution in [0.5, 0.6) is 0 Å². The first-order valence-electron chi connectivity index (χ1n) is 4.82. The number of rotatable bonds is 3. The van der Waals surface area contributed by atoms with E-state index >= 15 is 0 Å². The molecule has 18 heavy (non-hydrogen) atoms. The molecule has 0 atom stereocenters. The normalized spacial score (nSPS) is 10.3. The summed E-state index contributed by atoms with van der Waals surface area (Å²) in [4.78, 5) is 9.87. The van der Waals surface area contributed by atoms with E-state index in [1.54, 1.807) is 0 Å². The Hall–Kier alpha value is -2.77. The lowest BCUT2D eigenvalue weighted by molar-refractivity contribution is -0.384. The number of nitrogens with zero attached hydrogens (tertiary/aromatic N) is 3. The molecule has 2 rings (SSSR count). The summed E-state index contributed by atoms with van der Waals surface area (Å²) in [5.41, 5.74) is 5.27. The van der Waals surface area contributed by atoms with E-state index in [4.69, 9.17) is 11.1 Å². The highest BCUT2D eigenvalue weighted by atomic mass is 19.1. The molecule has 0 aliphatic rings. The van der Waals surface area contributed by atoms with E-state index in [2.05, 4.69) is 5.10 Å². The lowest BCUT2D eigenvalue weighted by Gasteiger charge is -2.04. The van der Waals surface area contributed by atoms with E-state index in [-0.39, 0.29) is 22.8 Å². The van der Waals surface area contributed by atoms with Gasteiger partial charge in [0.2, 0.25) is 0 Å². The molecule has 1 heterocycles. The summed E-state index contributed by atoms with van der Waals surface area (Å²) in [7, 11) is 0. The number of benzene rings is 1. The van der Waals surface area contributed by atoms with Gasteiger partial charge >= 0.3 is 5.69 Å². The fourth-order valence-electron chi connectivity index (χ4n) is 1.40. The summed E-state index contributed by atoms with van der Waals surface area (Å²) in [6.45, 7) is 0. The van der Waals surface area contributed by atoms with Crippen LogP contribution in [0, 0.1) is 21.3 Å². The molecule has 3 N–H and O–H groups in total. The molecule has 0 aliphatic heterocycles. The highest BCUT2D eigenvalue weighted by molar-refractivity contribution is 5.95. The third-order valence-corrected chi connectivity index (χ3v) is 2.29. The Bertz CT molecular complexity index is 637. The van der Waals surface area contributed by atoms with Gasteiger partial charge < -0.3 is 5.73 Å². The number of nitrogen functional groups attached to an aromatic ring is 1. The Labute approximate surface area is 100 Å². The average molecular weight is 249 g/mol. The van der Waals surface area contributed by atoms with Crippen LogP contribution in [-0.2, 0) is 0 Å². The van der Waals surface area contributed by atoms with E-state index in [0.29, 0.717) is 0 Å². The first kappa shape index (κ1) is 11.7. The Morgan fingerprint density at radius 2 is 2.28 bits per heavy atom. The summed E-state index contributed by atoms with van der Waals surface area (Å²) in [5, 5.41) is 21.3. The quantitative estimate of drug-likeness (QED) is 0.368. The van der Waals surface area contributed by atoms with Crippen LogP contribution in [0.3, 0.4) is 0 Å². The molecule has 8 heteroatoms. The number of aromatic nitrogens is 2. The van der Waals surface area contributed by atoms with Crippen molar-refractivity contribution in [2.45, 2.75) is 0 Å². The van der Waals surface area contributed by atoms with Gasteiger partial charge in [0.1, 0.15) is 29.7 Å². The fraction of sp³-hybridized carbons (Fsp3) is 0. The van der Waals surface area contributed by atoms with Crippen LogP contribution in [0.4, 0.5) is 10.1 Å². The van der Waals surface area contributed by atoms with Crippen molar-refractivity contribution in [2.24, 2.45) is 5.73 Å². The summed E-state index contributed by atoms with van der Waals surface area (Å²) < 4.78 is 14.8. The van der Waals surface area contributed by atoms with Crippen molar-refractivity contribution < 1.29 is 9.31 Å². The highest BCUT2D eigenvalue weighted by Crippen LogP contribution is 2.17. The van der Waals surface area contributed by atoms with Crippen molar-refractivity contribution in [3.63, 3.8) is 0 Å². The van der Waals surface area contributed by atoms with Gasteiger partial charge in [0.15, 0.2) is 0 Å². The Balaban J connectivity index is 2.44. The Kier molecular flexibility index (Phi) is 2.76. The van der Waals surface area contributed by atoms with Gasteiger partial charge in [-0.05, 0) is 18.2 Å². The molecule has 7 nitrogen and oxygen atoms in total. The molecule has 0 aliphatic carbocycles. The number of hydrogen-bond acceptors (Lipinski definition) is 4. The van der Waals surface area contributed by atoms with Crippen LogP contribution in [0.25, 0.3) is 5.69 Å². The second kappa shape index (κ2) is 4.24. The van der Waals surface area contributed by atoms with Gasteiger partial charge in [-0.2, -0.15) is 5.10 Å². The minimum absolute atomic E-state index is 0.0492. The molecular weight excluding hydrogens is 241 g/mol. The van der Waals surface area contributed by atoms with Gasteiger partial charge in [-0.1, -0.05) is 0 Å². The van der Waals surface area contributed by atoms with Crippen LogP contribution >= 0.6 is 0 Å². The van der Waals surface area contributed by atoms with Crippen LogP contribution in [-0.4, -0.2) is 20.5 Å². The van der Waals surface area contributed by atoms with E-state index in [1.807, 2.05) is 0 Å². The van der Waals surface area contributed by atoms with Crippen molar-refractivity contribution in [1.82, 2.24) is 9.78 Å². The van der Waals surface area contributed by atoms with Gasteiger partial charge in [0.25, 0.3) is 0 Å². The first-order chi connectivity index (χ1) is 8.49. The summed E-state index contributed by atoms with van der Waals surface area (Å²) in [6.07, 6.45) is 2.13. The molecule has 0 fully saturated rings. The van der Waals surface area contributed by atoms with Crippen LogP contribution < -0.4 is 5.73 Å². The topological polar surface area (TPSA) is 111 Å². The number of nitro groups is 1. The third-order valence-electron chi connectivity index (χ3n) is 2.29. The van der Waals surface area contributed by atoms with E-state index in [1.165, 1.54) is 12.1 Å². The molecular formula is C10H8FN5O2. The van der Waals surface area contributed by atoms with Crippen molar-refractivity contribution in [3.8, 4) is 5.69 Å². The predicted molar refractivity (Wildman–Crippen MR) is 61.2 cm³/mol. The SMILES string of the molecule is N=C(N)c1ccc(-n2cc([N+](=O)[O-])cn2)c(F)c1. The minimum Gasteiger partial charge on any atom is -0.384 e. The average Bonchev–Trinajstić information content (AvgIpc) is 2.78. The van der Waals surface area contributed by atoms with E-state index < -0.39 is 10.7 Å². The number of amidine groups is 1. The zero-order chi connectivity index (χ0) is 13.3. The first-order valence-corrected chi connectivity index (χ1v) is 4.82. The molecule has 2 aromatic rings. The molecule has 1 aromatic carbocycles. The molecule has 0 amide bonds. The second-order valence-electron chi connectivity index (χ2n) is 3.48. The van der Waals surface area contributed by atoms with Crippen molar-refractivity contribution in [1.29, 1.82) is 5.41 Å². The summed E-state index contributed by atoms with van der Waals surface area (Å²) in [6, 6.07) is 3.86. The predicted octanol–water partition coefficient (Wildman–Crippen LogP) is 1.20. The van der Waals surface area contributed by atoms with Gasteiger partial charge in [-0.15, -0.1) is 0 Å². The molecule has 92 valence electrons. The maximum atomic E-state index is 13.7. The standard InChI is InChI=1S/C10H8FN5O2/c11-8-3-6(10(12)13)1-2-9(8)15-5-7(4-14-15)16(17)18/h1-5H,(H3,12,13). The summed E-state index contributed by atoms with van der Waals surface area (Å²) >= 11 is 0. The van der Waals surface area contributed by atoms with Crippen molar-refractivity contribution >= 4 is 11.5 Å². The van der Waals surface area contributed by atoms with E-state index in [9.17, 15) is 14.5 Å². The Morgan fingerprint density at radius 3 is 2.78 bits per heavy atom. The molecule has 0 saturated carbocycles. The lowest BCUT2D eigenvalue weighted by atomic mass is 10.2. The van der Waals surface area contributed by atoms with Gasteiger partial charge in [-0.3, -0.25) is 15.5 Å². The number of halogens is 1. The van der Waals surface area contributed by atoms with Crippen molar-refractivity contribution in [2.75, 3.05) is 0 Å². The zero-order valence-corrected chi connectivity index (χ0v) is 9.00. The highest BCUT2D eigenvalue weighted by Gasteiger charge is 2.13. The molecule has 0 bridgehead atoms. The molecule has 0 unspecified atom stereocenters. The van der Waals surface area contributed by atoms with Crippen LogP contribution in [0.2, 0.25) is 0 Å². The maximum absolute atomic E-state index is 13.7. The molecule has 0 spiro atoms. The minimum atomic E-state index is -0.666. The molecule has 1 aromatic heterocycles. The van der Waals surface area contributed by atoms with Crippen LogP contribution in [0.1, 0.15) is 5.56 Å². The number of nitrogens with two attached hydrogens (primary N) is 1. The fourth-order valence-corrected chi connectivity index (χ4v) is 1.40. The monoisotopic (exact) mass is 249 g/mol. The molecule has 0 radical (unpaired) electrons. The maximum Gasteiger partial charge on any atom is 0.307 e. The Morgan fingerprint density at radius 1 is 1.56 bits per heavy atom. The zero-order valence-electron chi connectivity index (χ0n) is 9.00. The second-order valence-corrected chi connectivity index (χ2v) is 3.48. The van der Waals surface area contributed by atoms with Gasteiger partial charge in [0, 0.05) is 5.56 Å². The van der Waals surface area contributed by atoms with Crippen LogP contribution in [0.15, 0.2) is 30.6 Å². The largest absolute Gasteiger partial charge is 0.384 e. The molecule has 0 saturated heterocycles. The van der Waals surface area contributed by atoms with Gasteiger partial charge in [0.05, 0.1) is 4.92 Å². The summed E-state index contributed by atoms with van der Waals surface area (Å²) in [5.74, 6) is -0.924. The van der Waals surface area contributed by atoms with Crippen molar-refractivity contribution in [3.05, 3.63) is 52.1 Å². The lowest BCUT2D eigenvalue weighted by Crippen LogP contribution is -2.12. The van der Waals surface area contributed by atoms with E-state index in [0.717, 1.165) is 23.1 Å². The third kappa shape index (κ3) is 2.03. The number of hydrogen-bond donors (Lipinski definition) is 2. The van der Waals surface area contributed by atoms with Gasteiger partial charge in [-0.25, -0.2) is 9.07 Å². The smallest absolute Gasteiger partial charge is 0.307 e.